The zero-order valence-corrected chi connectivity index (χ0v) is 19.0. The van der Waals surface area contributed by atoms with Crippen molar-refractivity contribution in [3.63, 3.8) is 0 Å². The van der Waals surface area contributed by atoms with Gasteiger partial charge < -0.3 is 29.3 Å². The van der Waals surface area contributed by atoms with Crippen molar-refractivity contribution >= 4 is 29.2 Å². The zero-order chi connectivity index (χ0) is 24.9. The van der Waals surface area contributed by atoms with Crippen LogP contribution >= 0.6 is 0 Å². The number of rotatable bonds is 8. The molecule has 3 amide bonds. The van der Waals surface area contributed by atoms with E-state index in [2.05, 4.69) is 15.0 Å². The molecule has 2 N–H and O–H groups in total. The van der Waals surface area contributed by atoms with Crippen LogP contribution in [0.4, 0.5) is 14.9 Å². The lowest BCUT2D eigenvalue weighted by atomic mass is 9.98. The molecule has 35 heavy (non-hydrogen) atoms. The van der Waals surface area contributed by atoms with Crippen LogP contribution in [0.15, 0.2) is 41.1 Å². The summed E-state index contributed by atoms with van der Waals surface area (Å²) in [7, 11) is 1.38. The molecular formula is C23H25FN4O7. The quantitative estimate of drug-likeness (QED) is 0.568. The van der Waals surface area contributed by atoms with Crippen LogP contribution in [0.2, 0.25) is 0 Å². The summed E-state index contributed by atoms with van der Waals surface area (Å²) in [5, 5.41) is 15.6. The van der Waals surface area contributed by atoms with Crippen LogP contribution in [-0.4, -0.2) is 78.6 Å². The molecule has 2 aromatic rings. The number of hydrogen-bond acceptors (Lipinski definition) is 8. The second kappa shape index (κ2) is 10.6. The molecule has 186 valence electrons. The van der Waals surface area contributed by atoms with Crippen molar-refractivity contribution in [1.82, 2.24) is 15.4 Å². The molecule has 11 nitrogen and oxygen atoms in total. The highest BCUT2D eigenvalue weighted by molar-refractivity contribution is 5.90. The van der Waals surface area contributed by atoms with Crippen molar-refractivity contribution in [3.05, 3.63) is 48.0 Å². The minimum atomic E-state index is -1.41. The lowest BCUT2D eigenvalue weighted by Gasteiger charge is -2.27. The first-order chi connectivity index (χ1) is 16.9. The predicted octanol–water partition coefficient (Wildman–Crippen LogP) is 1.33. The third kappa shape index (κ3) is 5.60. The number of aliphatic hydroxyl groups excluding tert-OH is 1. The van der Waals surface area contributed by atoms with Crippen molar-refractivity contribution in [2.75, 3.05) is 38.2 Å². The van der Waals surface area contributed by atoms with Gasteiger partial charge in [-0.15, -0.1) is 0 Å². The van der Waals surface area contributed by atoms with E-state index in [1.54, 1.807) is 18.2 Å². The molecule has 12 heteroatoms. The van der Waals surface area contributed by atoms with E-state index in [9.17, 15) is 23.9 Å². The summed E-state index contributed by atoms with van der Waals surface area (Å²) in [4.78, 5) is 38.9. The van der Waals surface area contributed by atoms with E-state index in [1.807, 2.05) is 0 Å². The molecule has 1 aromatic heterocycles. The Morgan fingerprint density at radius 3 is 2.86 bits per heavy atom. The third-order valence-corrected chi connectivity index (χ3v) is 5.79. The maximum atomic E-state index is 15.0. The Labute approximate surface area is 200 Å². The number of benzene rings is 1. The second-order valence-electron chi connectivity index (χ2n) is 8.08. The first-order valence-corrected chi connectivity index (χ1v) is 11.0. The highest BCUT2D eigenvalue weighted by atomic mass is 19.1. The van der Waals surface area contributed by atoms with E-state index in [4.69, 9.17) is 9.47 Å². The summed E-state index contributed by atoms with van der Waals surface area (Å²) in [6.45, 7) is 0.841. The Morgan fingerprint density at radius 1 is 1.37 bits per heavy atom. The van der Waals surface area contributed by atoms with Gasteiger partial charge in [0.15, 0.2) is 6.10 Å². The molecule has 0 bridgehead atoms. The molecule has 0 unspecified atom stereocenters. The van der Waals surface area contributed by atoms with Gasteiger partial charge in [-0.2, -0.15) is 0 Å². The van der Waals surface area contributed by atoms with Crippen LogP contribution < -0.4 is 15.0 Å². The summed E-state index contributed by atoms with van der Waals surface area (Å²) in [6, 6.07) is 6.04. The molecule has 3 heterocycles. The average molecular weight is 488 g/mol. The first kappa shape index (κ1) is 24.2. The number of nitrogens with one attached hydrogen (secondary N) is 1. The zero-order valence-electron chi connectivity index (χ0n) is 19.0. The first-order valence-electron chi connectivity index (χ1n) is 11.0. The minimum Gasteiger partial charge on any atom is -0.471 e. The number of carbonyl (C=O) groups is 3. The maximum absolute atomic E-state index is 15.0. The molecule has 4 rings (SSSR count). The van der Waals surface area contributed by atoms with Crippen molar-refractivity contribution < 1.29 is 37.9 Å². The number of likely N-dealkylation sites (N-methyl/N-ethyl adjacent to an activating group) is 1. The van der Waals surface area contributed by atoms with Crippen LogP contribution in [0.1, 0.15) is 18.4 Å². The molecule has 0 radical (unpaired) electrons. The largest absolute Gasteiger partial charge is 0.471 e. The Balaban J connectivity index is 1.35. The van der Waals surface area contributed by atoms with Crippen molar-refractivity contribution in [2.45, 2.75) is 25.0 Å². The summed E-state index contributed by atoms with van der Waals surface area (Å²) in [5.74, 6) is -1.21. The van der Waals surface area contributed by atoms with Crippen LogP contribution in [-0.2, 0) is 14.3 Å². The van der Waals surface area contributed by atoms with Gasteiger partial charge in [0.25, 0.3) is 5.88 Å². The molecule has 1 aromatic carbocycles. The normalized spacial score (nSPS) is 18.7. The molecular weight excluding hydrogens is 463 g/mol. The fourth-order valence-corrected chi connectivity index (χ4v) is 3.90. The summed E-state index contributed by atoms with van der Waals surface area (Å²) >= 11 is 0. The van der Waals surface area contributed by atoms with Crippen LogP contribution in [0, 0.1) is 5.82 Å². The molecule has 2 aliphatic heterocycles. The fourth-order valence-electron chi connectivity index (χ4n) is 3.90. The third-order valence-electron chi connectivity index (χ3n) is 5.79. The molecule has 2 atom stereocenters. The van der Waals surface area contributed by atoms with Crippen molar-refractivity contribution in [3.8, 4) is 5.88 Å². The average Bonchev–Trinajstić information content (AvgIpc) is 3.51. The number of aromatic nitrogens is 1. The number of hydrogen-bond donors (Lipinski definition) is 2. The van der Waals surface area contributed by atoms with Crippen LogP contribution in [0.3, 0.4) is 0 Å². The van der Waals surface area contributed by atoms with E-state index in [0.717, 1.165) is 5.57 Å². The SMILES string of the molecule is CNC(=O)[C@H](O)CC(=O)N1CC=C(c2ccc(N3C[C@H](COc4ccon4)OC3=O)cc2F)CC1. The maximum Gasteiger partial charge on any atom is 0.414 e. The van der Waals surface area contributed by atoms with Gasteiger partial charge in [-0.1, -0.05) is 6.08 Å². The van der Waals surface area contributed by atoms with Crippen molar-refractivity contribution in [2.24, 2.45) is 0 Å². The number of nitrogens with zero attached hydrogens (tertiary/aromatic N) is 3. The highest BCUT2D eigenvalue weighted by Gasteiger charge is 2.33. The summed E-state index contributed by atoms with van der Waals surface area (Å²) < 4.78 is 30.3. The van der Waals surface area contributed by atoms with Gasteiger partial charge in [0.1, 0.15) is 24.8 Å². The van der Waals surface area contributed by atoms with Gasteiger partial charge in [-0.25, -0.2) is 9.18 Å². The number of anilines is 1. The molecule has 0 spiro atoms. The highest BCUT2D eigenvalue weighted by Crippen LogP contribution is 2.30. The van der Waals surface area contributed by atoms with Gasteiger partial charge in [0.05, 0.1) is 18.7 Å². The van der Waals surface area contributed by atoms with E-state index >= 15 is 0 Å². The number of cyclic esters (lactones) is 1. The van der Waals surface area contributed by atoms with Crippen molar-refractivity contribution in [1.29, 1.82) is 0 Å². The van der Waals surface area contributed by atoms with Gasteiger partial charge in [0.2, 0.25) is 11.8 Å². The Kier molecular flexibility index (Phi) is 7.30. The number of carbonyl (C=O) groups excluding carboxylic acids is 3. The summed E-state index contributed by atoms with van der Waals surface area (Å²) in [6.07, 6.45) is 0.639. The van der Waals surface area contributed by atoms with Crippen LogP contribution in [0.25, 0.3) is 5.57 Å². The lowest BCUT2D eigenvalue weighted by Crippen LogP contribution is -2.40. The summed E-state index contributed by atoms with van der Waals surface area (Å²) in [5.41, 5.74) is 1.47. The molecule has 0 aliphatic carbocycles. The number of ether oxygens (including phenoxy) is 2. The van der Waals surface area contributed by atoms with Gasteiger partial charge in [0, 0.05) is 31.8 Å². The molecule has 1 fully saturated rings. The predicted molar refractivity (Wildman–Crippen MR) is 120 cm³/mol. The van der Waals surface area contributed by atoms with Crippen LogP contribution in [0.5, 0.6) is 5.88 Å². The molecule has 0 saturated carbocycles. The lowest BCUT2D eigenvalue weighted by molar-refractivity contribution is -0.139. The minimum absolute atomic E-state index is 0.0809. The standard InChI is InChI=1S/C23H25FN4O7/c1-25-22(31)19(29)11-21(30)27-7-4-14(5-8-27)17-3-2-15(10-18(17)24)28-12-16(35-23(28)32)13-33-20-6-9-34-26-20/h2-4,6,9-10,16,19,29H,5,7-8,11-13H2,1H3,(H,25,31)/t16-,19-/m1/s1. The Bertz CT molecular complexity index is 1120. The van der Waals surface area contributed by atoms with E-state index in [1.165, 1.54) is 35.2 Å². The fraction of sp³-hybridized carbons (Fsp3) is 0.391. The van der Waals surface area contributed by atoms with E-state index in [-0.39, 0.29) is 37.9 Å². The van der Waals surface area contributed by atoms with E-state index in [0.29, 0.717) is 24.2 Å². The number of halogens is 1. The Morgan fingerprint density at radius 2 is 2.20 bits per heavy atom. The molecule has 1 saturated heterocycles. The molecule has 2 aliphatic rings. The smallest absolute Gasteiger partial charge is 0.414 e. The van der Waals surface area contributed by atoms with Gasteiger partial charge in [-0.3, -0.25) is 14.5 Å². The van der Waals surface area contributed by atoms with Gasteiger partial charge >= 0.3 is 6.09 Å². The number of aliphatic hydroxyl groups is 1. The van der Waals surface area contributed by atoms with Gasteiger partial charge in [-0.05, 0) is 35.3 Å². The monoisotopic (exact) mass is 488 g/mol. The second-order valence-corrected chi connectivity index (χ2v) is 8.08. The van der Waals surface area contributed by atoms with E-state index < -0.39 is 30.0 Å². The topological polar surface area (TPSA) is 134 Å². The number of amides is 3. The Hall–Kier alpha value is -3.93.